The summed E-state index contributed by atoms with van der Waals surface area (Å²) >= 11 is 0. The molecule has 4 heteroatoms. The molecule has 0 radical (unpaired) electrons. The molecule has 0 bridgehead atoms. The summed E-state index contributed by atoms with van der Waals surface area (Å²) in [6.45, 7) is 0.590. The summed E-state index contributed by atoms with van der Waals surface area (Å²) in [5.74, 6) is 0. The van der Waals surface area contributed by atoms with Gasteiger partial charge in [0, 0.05) is 12.8 Å². The lowest BCUT2D eigenvalue weighted by molar-refractivity contribution is -0.110. The summed E-state index contributed by atoms with van der Waals surface area (Å²) in [7, 11) is 0. The van der Waals surface area contributed by atoms with Crippen LogP contribution in [0.4, 0.5) is 0 Å². The normalized spacial score (nSPS) is 14.2. The van der Waals surface area contributed by atoms with Crippen molar-refractivity contribution in [3.8, 4) is 0 Å². The molecule has 1 aromatic carbocycles. The molecule has 2 N–H and O–H groups in total. The van der Waals surface area contributed by atoms with Gasteiger partial charge in [-0.3, -0.25) is 0 Å². The predicted molar refractivity (Wildman–Crippen MR) is 63.4 cm³/mol. The van der Waals surface area contributed by atoms with E-state index in [0.717, 1.165) is 5.56 Å². The second-order valence-corrected chi connectivity index (χ2v) is 3.95. The SMILES string of the molecule is O=CC[C@H](O)C[C@H](O)COCc1ccccc1. The van der Waals surface area contributed by atoms with Crippen molar-refractivity contribution in [2.75, 3.05) is 6.61 Å². The first-order chi connectivity index (χ1) is 8.22. The van der Waals surface area contributed by atoms with Gasteiger partial charge in [-0.15, -0.1) is 0 Å². The number of aliphatic hydroxyl groups is 2. The third-order valence-electron chi connectivity index (χ3n) is 2.33. The highest BCUT2D eigenvalue weighted by Gasteiger charge is 2.11. The molecule has 0 aliphatic rings. The second-order valence-electron chi connectivity index (χ2n) is 3.95. The summed E-state index contributed by atoms with van der Waals surface area (Å²) in [5, 5.41) is 18.8. The Morgan fingerprint density at radius 1 is 1.18 bits per heavy atom. The standard InChI is InChI=1S/C13H18O4/c14-7-6-12(15)8-13(16)10-17-9-11-4-2-1-3-5-11/h1-5,7,12-13,15-16H,6,8-10H2/t12-,13-/m0/s1. The van der Waals surface area contributed by atoms with Crippen LogP contribution in [0, 0.1) is 0 Å². The van der Waals surface area contributed by atoms with Crippen molar-refractivity contribution in [1.29, 1.82) is 0 Å². The Morgan fingerprint density at radius 2 is 1.88 bits per heavy atom. The molecule has 1 aromatic rings. The lowest BCUT2D eigenvalue weighted by atomic mass is 10.1. The Labute approximate surface area is 101 Å². The molecule has 17 heavy (non-hydrogen) atoms. The van der Waals surface area contributed by atoms with Crippen LogP contribution in [0.3, 0.4) is 0 Å². The molecule has 0 heterocycles. The Balaban J connectivity index is 2.16. The maximum absolute atomic E-state index is 10.1. The first-order valence-electron chi connectivity index (χ1n) is 5.63. The van der Waals surface area contributed by atoms with Gasteiger partial charge in [0.1, 0.15) is 6.29 Å². The Morgan fingerprint density at radius 3 is 2.53 bits per heavy atom. The average molecular weight is 238 g/mol. The average Bonchev–Trinajstić information content (AvgIpc) is 2.30. The number of benzene rings is 1. The van der Waals surface area contributed by atoms with Crippen LogP contribution in [-0.4, -0.2) is 35.3 Å². The molecule has 0 unspecified atom stereocenters. The van der Waals surface area contributed by atoms with E-state index >= 15 is 0 Å². The van der Waals surface area contributed by atoms with Crippen molar-refractivity contribution in [3.63, 3.8) is 0 Å². The molecule has 0 aliphatic carbocycles. The van der Waals surface area contributed by atoms with Crippen LogP contribution in [0.1, 0.15) is 18.4 Å². The molecule has 0 fully saturated rings. The van der Waals surface area contributed by atoms with Crippen LogP contribution in [0.25, 0.3) is 0 Å². The van der Waals surface area contributed by atoms with E-state index in [0.29, 0.717) is 12.9 Å². The number of carbonyl (C=O) groups is 1. The zero-order chi connectivity index (χ0) is 12.5. The fourth-order valence-electron chi connectivity index (χ4n) is 1.48. The van der Waals surface area contributed by atoms with Gasteiger partial charge in [0.05, 0.1) is 25.4 Å². The van der Waals surface area contributed by atoms with E-state index in [1.165, 1.54) is 0 Å². The highest BCUT2D eigenvalue weighted by Crippen LogP contribution is 2.04. The number of carbonyl (C=O) groups excluding carboxylic acids is 1. The lowest BCUT2D eigenvalue weighted by Crippen LogP contribution is -2.22. The number of hydrogen-bond acceptors (Lipinski definition) is 4. The molecule has 0 spiro atoms. The fraction of sp³-hybridized carbons (Fsp3) is 0.462. The third kappa shape index (κ3) is 6.16. The largest absolute Gasteiger partial charge is 0.393 e. The second kappa shape index (κ2) is 7.95. The lowest BCUT2D eigenvalue weighted by Gasteiger charge is -2.14. The van der Waals surface area contributed by atoms with Crippen LogP contribution < -0.4 is 0 Å². The van der Waals surface area contributed by atoms with Crippen LogP contribution in [0.5, 0.6) is 0 Å². The first-order valence-corrected chi connectivity index (χ1v) is 5.63. The molecule has 1 rings (SSSR count). The summed E-state index contributed by atoms with van der Waals surface area (Å²) in [5.41, 5.74) is 1.04. The van der Waals surface area contributed by atoms with E-state index in [-0.39, 0.29) is 19.4 Å². The van der Waals surface area contributed by atoms with Crippen LogP contribution in [0.2, 0.25) is 0 Å². The van der Waals surface area contributed by atoms with Gasteiger partial charge in [-0.05, 0) is 5.56 Å². The van der Waals surface area contributed by atoms with E-state index < -0.39 is 12.2 Å². The van der Waals surface area contributed by atoms with Crippen molar-refractivity contribution < 1.29 is 19.7 Å². The number of rotatable bonds is 8. The minimum absolute atomic E-state index is 0.0513. The Kier molecular flexibility index (Phi) is 6.47. The number of aliphatic hydroxyl groups excluding tert-OH is 2. The molecule has 0 aromatic heterocycles. The van der Waals surface area contributed by atoms with Gasteiger partial charge in [-0.25, -0.2) is 0 Å². The Hall–Kier alpha value is -1.23. The van der Waals surface area contributed by atoms with Gasteiger partial charge in [0.25, 0.3) is 0 Å². The maximum atomic E-state index is 10.1. The molecular weight excluding hydrogens is 220 g/mol. The minimum atomic E-state index is -0.789. The van der Waals surface area contributed by atoms with Crippen LogP contribution in [0.15, 0.2) is 30.3 Å². The number of ether oxygens (including phenoxy) is 1. The molecule has 0 aliphatic heterocycles. The quantitative estimate of drug-likeness (QED) is 0.660. The molecule has 4 nitrogen and oxygen atoms in total. The minimum Gasteiger partial charge on any atom is -0.393 e. The van der Waals surface area contributed by atoms with Crippen LogP contribution in [-0.2, 0) is 16.1 Å². The van der Waals surface area contributed by atoms with E-state index in [9.17, 15) is 15.0 Å². The summed E-state index contributed by atoms with van der Waals surface area (Å²) in [6.07, 6.45) is -0.678. The van der Waals surface area contributed by atoms with Gasteiger partial charge in [0.15, 0.2) is 0 Å². The molecule has 2 atom stereocenters. The molecule has 0 saturated carbocycles. The van der Waals surface area contributed by atoms with E-state index in [1.54, 1.807) is 0 Å². The maximum Gasteiger partial charge on any atom is 0.122 e. The first kappa shape index (κ1) is 13.8. The zero-order valence-corrected chi connectivity index (χ0v) is 9.66. The molecular formula is C13H18O4. The predicted octanol–water partition coefficient (Wildman–Crippen LogP) is 0.904. The van der Waals surface area contributed by atoms with Crippen molar-refractivity contribution >= 4 is 6.29 Å². The van der Waals surface area contributed by atoms with E-state index in [2.05, 4.69) is 0 Å². The third-order valence-corrected chi connectivity index (χ3v) is 2.33. The smallest absolute Gasteiger partial charge is 0.122 e. The zero-order valence-electron chi connectivity index (χ0n) is 9.66. The molecule has 94 valence electrons. The number of aldehydes is 1. The van der Waals surface area contributed by atoms with Crippen LogP contribution >= 0.6 is 0 Å². The van der Waals surface area contributed by atoms with E-state index in [4.69, 9.17) is 4.74 Å². The summed E-state index contributed by atoms with van der Waals surface area (Å²) < 4.78 is 5.31. The topological polar surface area (TPSA) is 66.8 Å². The van der Waals surface area contributed by atoms with Gasteiger partial charge in [0.2, 0.25) is 0 Å². The van der Waals surface area contributed by atoms with Gasteiger partial charge in [-0.2, -0.15) is 0 Å². The van der Waals surface area contributed by atoms with E-state index in [1.807, 2.05) is 30.3 Å². The monoisotopic (exact) mass is 238 g/mol. The highest BCUT2D eigenvalue weighted by atomic mass is 16.5. The molecule has 0 amide bonds. The Bertz CT molecular complexity index is 312. The summed E-state index contributed by atoms with van der Waals surface area (Å²) in [6, 6.07) is 9.64. The summed E-state index contributed by atoms with van der Waals surface area (Å²) in [4.78, 5) is 10.1. The van der Waals surface area contributed by atoms with Gasteiger partial charge < -0.3 is 19.7 Å². The van der Waals surface area contributed by atoms with Gasteiger partial charge >= 0.3 is 0 Å². The van der Waals surface area contributed by atoms with Crippen molar-refractivity contribution in [2.24, 2.45) is 0 Å². The van der Waals surface area contributed by atoms with Crippen molar-refractivity contribution in [2.45, 2.75) is 31.7 Å². The highest BCUT2D eigenvalue weighted by molar-refractivity contribution is 5.49. The van der Waals surface area contributed by atoms with Crippen molar-refractivity contribution in [3.05, 3.63) is 35.9 Å². The van der Waals surface area contributed by atoms with Gasteiger partial charge in [-0.1, -0.05) is 30.3 Å². The number of hydrogen-bond donors (Lipinski definition) is 2. The van der Waals surface area contributed by atoms with Crippen molar-refractivity contribution in [1.82, 2.24) is 0 Å². The molecule has 0 saturated heterocycles. The fourth-order valence-corrected chi connectivity index (χ4v) is 1.48.